The topological polar surface area (TPSA) is 57.7 Å². The molecule has 1 aliphatic rings. The Hall–Kier alpha value is -1.25. The van der Waals surface area contributed by atoms with Crippen LogP contribution < -0.4 is 0 Å². The second-order valence-electron chi connectivity index (χ2n) is 6.45. The van der Waals surface area contributed by atoms with Gasteiger partial charge in [-0.3, -0.25) is 4.79 Å². The maximum atomic E-state index is 12.9. The molecule has 0 aromatic heterocycles. The smallest absolute Gasteiger partial charge is 0.254 e. The predicted molar refractivity (Wildman–Crippen MR) is 114 cm³/mol. The number of thioether (sulfide) groups is 1. The molecule has 0 radical (unpaired) electrons. The van der Waals surface area contributed by atoms with Crippen LogP contribution in [0.3, 0.4) is 0 Å². The van der Waals surface area contributed by atoms with E-state index < -0.39 is 10.0 Å². The minimum atomic E-state index is -3.68. The number of aryl methyl sites for hydroxylation is 1. The van der Waals surface area contributed by atoms with Crippen LogP contribution in [0, 0.1) is 6.92 Å². The fraction of sp³-hybridized carbons (Fsp3) is 0.316. The van der Waals surface area contributed by atoms with Crippen molar-refractivity contribution in [1.82, 2.24) is 9.21 Å². The summed E-state index contributed by atoms with van der Waals surface area (Å²) in [6.45, 7) is 3.04. The second-order valence-corrected chi connectivity index (χ2v) is 10.1. The largest absolute Gasteiger partial charge is 0.336 e. The molecule has 0 bridgehead atoms. The lowest BCUT2D eigenvalue weighted by Crippen LogP contribution is -2.50. The number of amides is 1. The van der Waals surface area contributed by atoms with E-state index in [0.29, 0.717) is 23.7 Å². The van der Waals surface area contributed by atoms with E-state index in [2.05, 4.69) is 0 Å². The van der Waals surface area contributed by atoms with Crippen LogP contribution in [0.2, 0.25) is 10.0 Å². The third-order valence-electron chi connectivity index (χ3n) is 4.73. The van der Waals surface area contributed by atoms with Crippen molar-refractivity contribution in [2.24, 2.45) is 0 Å². The van der Waals surface area contributed by atoms with Gasteiger partial charge < -0.3 is 4.90 Å². The lowest BCUT2D eigenvalue weighted by molar-refractivity contribution is 0.0697. The van der Waals surface area contributed by atoms with E-state index in [9.17, 15) is 13.2 Å². The van der Waals surface area contributed by atoms with E-state index in [1.807, 2.05) is 31.4 Å². The Balaban J connectivity index is 1.73. The van der Waals surface area contributed by atoms with Crippen molar-refractivity contribution in [2.45, 2.75) is 16.7 Å². The van der Waals surface area contributed by atoms with Gasteiger partial charge in [-0.25, -0.2) is 8.42 Å². The van der Waals surface area contributed by atoms with Gasteiger partial charge in [-0.15, -0.1) is 11.8 Å². The van der Waals surface area contributed by atoms with E-state index in [0.717, 1.165) is 10.5 Å². The molecule has 1 amide bonds. The van der Waals surface area contributed by atoms with Crippen LogP contribution in [-0.2, 0) is 10.0 Å². The quantitative estimate of drug-likeness (QED) is 0.644. The van der Waals surface area contributed by atoms with Crippen LogP contribution in [0.15, 0.2) is 46.2 Å². The number of hydrogen-bond donors (Lipinski definition) is 0. The van der Waals surface area contributed by atoms with E-state index in [4.69, 9.17) is 23.2 Å². The van der Waals surface area contributed by atoms with E-state index >= 15 is 0 Å². The van der Waals surface area contributed by atoms with Crippen LogP contribution >= 0.6 is 35.0 Å². The highest BCUT2D eigenvalue weighted by Crippen LogP contribution is 2.27. The molecule has 0 N–H and O–H groups in total. The predicted octanol–water partition coefficient (Wildman–Crippen LogP) is 4.17. The summed E-state index contributed by atoms with van der Waals surface area (Å²) in [5.74, 6) is -0.0695. The first-order valence-corrected chi connectivity index (χ1v) is 12.0. The molecule has 0 spiro atoms. The van der Waals surface area contributed by atoms with Crippen LogP contribution in [-0.4, -0.2) is 56.0 Å². The maximum absolute atomic E-state index is 12.9. The van der Waals surface area contributed by atoms with Gasteiger partial charge in [0.05, 0.1) is 14.9 Å². The summed E-state index contributed by atoms with van der Waals surface area (Å²) < 4.78 is 27.1. The van der Waals surface area contributed by atoms with Crippen molar-refractivity contribution in [1.29, 1.82) is 0 Å². The number of benzene rings is 2. The maximum Gasteiger partial charge on any atom is 0.254 e. The molecule has 2 aromatic rings. The number of piperazine rings is 1. The highest BCUT2D eigenvalue weighted by molar-refractivity contribution is 7.98. The van der Waals surface area contributed by atoms with Gasteiger partial charge in [0.1, 0.15) is 0 Å². The van der Waals surface area contributed by atoms with E-state index in [1.165, 1.54) is 22.5 Å². The van der Waals surface area contributed by atoms with Gasteiger partial charge in [-0.1, -0.05) is 29.3 Å². The molecule has 1 saturated heterocycles. The standard InChI is InChI=1S/C19H20Cl2N2O3S2/c1-13-3-4-14(27-2)11-16(13)19(24)22-7-9-23(10-8-22)28(25,26)15-5-6-17(20)18(21)12-15/h3-6,11-12H,7-10H2,1-2H3. The van der Waals surface area contributed by atoms with Crippen molar-refractivity contribution in [3.63, 3.8) is 0 Å². The average molecular weight is 459 g/mol. The van der Waals surface area contributed by atoms with Gasteiger partial charge in [0.2, 0.25) is 10.0 Å². The molecule has 0 unspecified atom stereocenters. The molecule has 0 saturated carbocycles. The Bertz CT molecular complexity index is 1000. The first-order chi connectivity index (χ1) is 13.2. The van der Waals surface area contributed by atoms with Gasteiger partial charge in [0, 0.05) is 36.6 Å². The fourth-order valence-corrected chi connectivity index (χ4v) is 5.30. The zero-order valence-electron chi connectivity index (χ0n) is 15.5. The van der Waals surface area contributed by atoms with E-state index in [1.54, 1.807) is 16.7 Å². The van der Waals surface area contributed by atoms with Crippen molar-refractivity contribution in [2.75, 3.05) is 32.4 Å². The molecule has 1 aliphatic heterocycles. The van der Waals surface area contributed by atoms with E-state index in [-0.39, 0.29) is 28.9 Å². The van der Waals surface area contributed by atoms with Crippen molar-refractivity contribution in [3.05, 3.63) is 57.6 Å². The highest BCUT2D eigenvalue weighted by atomic mass is 35.5. The molecule has 0 aliphatic carbocycles. The first kappa shape index (κ1) is 21.5. The molecular weight excluding hydrogens is 439 g/mol. The minimum Gasteiger partial charge on any atom is -0.336 e. The van der Waals surface area contributed by atoms with Crippen LogP contribution in [0.1, 0.15) is 15.9 Å². The van der Waals surface area contributed by atoms with Crippen LogP contribution in [0.5, 0.6) is 0 Å². The Kier molecular flexibility index (Phi) is 6.61. The molecule has 0 atom stereocenters. The highest BCUT2D eigenvalue weighted by Gasteiger charge is 2.31. The van der Waals surface area contributed by atoms with Crippen LogP contribution in [0.25, 0.3) is 0 Å². The molecule has 150 valence electrons. The Morgan fingerprint density at radius 1 is 1.00 bits per heavy atom. The Labute approximate surface area is 179 Å². The summed E-state index contributed by atoms with van der Waals surface area (Å²) in [6, 6.07) is 10.1. The number of carbonyl (C=O) groups excluding carboxylic acids is 1. The molecular formula is C19H20Cl2N2O3S2. The zero-order valence-corrected chi connectivity index (χ0v) is 18.6. The normalized spacial score (nSPS) is 15.6. The van der Waals surface area contributed by atoms with Gasteiger partial charge in [0.15, 0.2) is 0 Å². The van der Waals surface area contributed by atoms with Crippen molar-refractivity contribution >= 4 is 50.9 Å². The van der Waals surface area contributed by atoms with Crippen molar-refractivity contribution < 1.29 is 13.2 Å². The van der Waals surface area contributed by atoms with Gasteiger partial charge >= 0.3 is 0 Å². The molecule has 2 aromatic carbocycles. The SMILES string of the molecule is CSc1ccc(C)c(C(=O)N2CCN(S(=O)(=O)c3ccc(Cl)c(Cl)c3)CC2)c1. The summed E-state index contributed by atoms with van der Waals surface area (Å²) in [4.78, 5) is 15.7. The number of nitrogens with zero attached hydrogens (tertiary/aromatic N) is 2. The Morgan fingerprint density at radius 3 is 2.29 bits per heavy atom. The number of carbonyl (C=O) groups is 1. The second kappa shape index (κ2) is 8.63. The molecule has 1 heterocycles. The minimum absolute atomic E-state index is 0.0695. The van der Waals surface area contributed by atoms with Gasteiger partial charge in [-0.05, 0) is 49.1 Å². The summed E-state index contributed by atoms with van der Waals surface area (Å²) in [5, 5.41) is 0.500. The third-order valence-corrected chi connectivity index (χ3v) is 8.09. The van der Waals surface area contributed by atoms with Gasteiger partial charge in [0.25, 0.3) is 5.91 Å². The summed E-state index contributed by atoms with van der Waals surface area (Å²) in [5.41, 5.74) is 1.57. The molecule has 9 heteroatoms. The molecule has 28 heavy (non-hydrogen) atoms. The number of halogens is 2. The number of sulfonamides is 1. The molecule has 5 nitrogen and oxygen atoms in total. The molecule has 3 rings (SSSR count). The summed E-state index contributed by atoms with van der Waals surface area (Å²) >= 11 is 13.4. The van der Waals surface area contributed by atoms with Crippen molar-refractivity contribution in [3.8, 4) is 0 Å². The first-order valence-electron chi connectivity index (χ1n) is 8.63. The Morgan fingerprint density at radius 2 is 1.68 bits per heavy atom. The lowest BCUT2D eigenvalue weighted by Gasteiger charge is -2.34. The van der Waals surface area contributed by atoms with Gasteiger partial charge in [-0.2, -0.15) is 4.31 Å². The lowest BCUT2D eigenvalue weighted by atomic mass is 10.1. The molecule has 1 fully saturated rings. The third kappa shape index (κ3) is 4.33. The zero-order chi connectivity index (χ0) is 20.5. The number of hydrogen-bond acceptors (Lipinski definition) is 4. The summed E-state index contributed by atoms with van der Waals surface area (Å²) in [6.07, 6.45) is 1.96. The number of rotatable bonds is 4. The van der Waals surface area contributed by atoms with Crippen LogP contribution in [0.4, 0.5) is 0 Å². The summed E-state index contributed by atoms with van der Waals surface area (Å²) in [7, 11) is -3.68. The average Bonchev–Trinajstić information content (AvgIpc) is 2.70. The fourth-order valence-electron chi connectivity index (χ4n) is 3.05. The monoisotopic (exact) mass is 458 g/mol.